The monoisotopic (exact) mass is 346 g/mol. The van der Waals surface area contributed by atoms with Crippen LogP contribution in [0.5, 0.6) is 0 Å². The largest absolute Gasteiger partial charge is 0.315 e. The van der Waals surface area contributed by atoms with Crippen molar-refractivity contribution in [1.29, 1.82) is 0 Å². The molecule has 124 valence electrons. The smallest absolute Gasteiger partial charge is 0.241 e. The van der Waals surface area contributed by atoms with Crippen LogP contribution in [0.4, 0.5) is 0 Å². The van der Waals surface area contributed by atoms with Crippen LogP contribution in [0, 0.1) is 13.8 Å². The highest BCUT2D eigenvalue weighted by atomic mass is 32.2. The van der Waals surface area contributed by atoms with Crippen LogP contribution in [0.25, 0.3) is 0 Å². The molecule has 2 N–H and O–H groups in total. The molecule has 2 rings (SSSR count). The first-order valence-corrected chi connectivity index (χ1v) is 10.5. The summed E-state index contributed by atoms with van der Waals surface area (Å²) < 4.78 is 51.6. The molecule has 1 fully saturated rings. The molecule has 8 heteroatoms. The standard InChI is InChI=1S/C14H22N2O4S2/c1-10-7-13(21(3,17)18)11(2)14(8-10)22(19,20)16-12-5-4-6-15-9-12/h7-8,12,15-16H,4-6,9H2,1-3H3/t12-/m0/s1. The van der Waals surface area contributed by atoms with Crippen molar-refractivity contribution in [2.24, 2.45) is 0 Å². The Labute approximate surface area is 132 Å². The van der Waals surface area contributed by atoms with Crippen LogP contribution in [-0.4, -0.2) is 42.2 Å². The number of hydrogen-bond acceptors (Lipinski definition) is 5. The summed E-state index contributed by atoms with van der Waals surface area (Å²) in [6.45, 7) is 4.70. The van der Waals surface area contributed by atoms with Gasteiger partial charge in [-0.2, -0.15) is 0 Å². The molecule has 0 radical (unpaired) electrons. The topological polar surface area (TPSA) is 92.3 Å². The first-order valence-electron chi connectivity index (χ1n) is 7.15. The average Bonchev–Trinajstić information content (AvgIpc) is 2.40. The van der Waals surface area contributed by atoms with Crippen LogP contribution in [0.2, 0.25) is 0 Å². The summed E-state index contributed by atoms with van der Waals surface area (Å²) in [7, 11) is -7.23. The molecule has 1 aromatic rings. The van der Waals surface area contributed by atoms with Crippen molar-refractivity contribution < 1.29 is 16.8 Å². The van der Waals surface area contributed by atoms with Crippen molar-refractivity contribution in [3.05, 3.63) is 23.3 Å². The number of benzene rings is 1. The Morgan fingerprint density at radius 3 is 2.32 bits per heavy atom. The molecule has 0 unspecified atom stereocenters. The minimum Gasteiger partial charge on any atom is -0.315 e. The number of piperidine rings is 1. The lowest BCUT2D eigenvalue weighted by molar-refractivity contribution is 0.428. The van der Waals surface area contributed by atoms with Crippen molar-refractivity contribution in [3.8, 4) is 0 Å². The van der Waals surface area contributed by atoms with E-state index in [0.29, 0.717) is 12.1 Å². The maximum Gasteiger partial charge on any atom is 0.241 e. The van der Waals surface area contributed by atoms with E-state index < -0.39 is 19.9 Å². The molecule has 22 heavy (non-hydrogen) atoms. The fraction of sp³-hybridized carbons (Fsp3) is 0.571. The van der Waals surface area contributed by atoms with Gasteiger partial charge in [-0.3, -0.25) is 0 Å². The summed E-state index contributed by atoms with van der Waals surface area (Å²) >= 11 is 0. The van der Waals surface area contributed by atoms with Gasteiger partial charge in [0, 0.05) is 18.8 Å². The van der Waals surface area contributed by atoms with E-state index in [9.17, 15) is 16.8 Å². The minimum atomic E-state index is -3.75. The maximum atomic E-state index is 12.6. The first kappa shape index (κ1) is 17.4. The Balaban J connectivity index is 2.44. The highest BCUT2D eigenvalue weighted by Crippen LogP contribution is 2.25. The summed E-state index contributed by atoms with van der Waals surface area (Å²) in [5.41, 5.74) is 0.873. The van der Waals surface area contributed by atoms with Gasteiger partial charge in [0.05, 0.1) is 9.79 Å². The predicted octanol–water partition coefficient (Wildman–Crippen LogP) is 0.737. The Kier molecular flexibility index (Phi) is 4.96. The predicted molar refractivity (Wildman–Crippen MR) is 85.2 cm³/mol. The fourth-order valence-corrected chi connectivity index (χ4v) is 5.44. The van der Waals surface area contributed by atoms with Crippen LogP contribution >= 0.6 is 0 Å². The summed E-state index contributed by atoms with van der Waals surface area (Å²) in [4.78, 5) is 0.105. The Bertz CT molecular complexity index is 764. The molecule has 0 saturated carbocycles. The third kappa shape index (κ3) is 3.87. The SMILES string of the molecule is Cc1cc(S(C)(=O)=O)c(C)c(S(=O)(=O)N[C@H]2CCCNC2)c1. The zero-order chi connectivity index (χ0) is 16.5. The van der Waals surface area contributed by atoms with E-state index in [4.69, 9.17) is 0 Å². The quantitative estimate of drug-likeness (QED) is 0.839. The van der Waals surface area contributed by atoms with Crippen LogP contribution in [0.3, 0.4) is 0 Å². The van der Waals surface area contributed by atoms with Gasteiger partial charge in [0.1, 0.15) is 0 Å². The van der Waals surface area contributed by atoms with E-state index in [0.717, 1.165) is 25.6 Å². The van der Waals surface area contributed by atoms with Gasteiger partial charge in [-0.15, -0.1) is 0 Å². The number of nitrogens with one attached hydrogen (secondary N) is 2. The van der Waals surface area contributed by atoms with E-state index in [1.807, 2.05) is 0 Å². The lowest BCUT2D eigenvalue weighted by Crippen LogP contribution is -2.45. The molecular weight excluding hydrogens is 324 g/mol. The highest BCUT2D eigenvalue weighted by Gasteiger charge is 2.26. The van der Waals surface area contributed by atoms with Crippen LogP contribution in [0.15, 0.2) is 21.9 Å². The van der Waals surface area contributed by atoms with Crippen molar-refractivity contribution in [2.75, 3.05) is 19.3 Å². The normalized spacial score (nSPS) is 20.0. The molecule has 0 aliphatic carbocycles. The van der Waals surface area contributed by atoms with E-state index in [1.165, 1.54) is 19.1 Å². The molecule has 0 bridgehead atoms. The number of hydrogen-bond donors (Lipinski definition) is 2. The number of sulfone groups is 1. The molecule has 1 aliphatic heterocycles. The second-order valence-electron chi connectivity index (χ2n) is 5.82. The zero-order valence-corrected chi connectivity index (χ0v) is 14.6. The lowest BCUT2D eigenvalue weighted by atomic mass is 10.1. The first-order chi connectivity index (χ1) is 10.1. The molecule has 6 nitrogen and oxygen atoms in total. The van der Waals surface area contributed by atoms with E-state index in [1.54, 1.807) is 6.92 Å². The van der Waals surface area contributed by atoms with E-state index in [-0.39, 0.29) is 21.4 Å². The van der Waals surface area contributed by atoms with Crippen LogP contribution < -0.4 is 10.0 Å². The molecule has 0 amide bonds. The molecule has 1 saturated heterocycles. The Morgan fingerprint density at radius 2 is 1.77 bits per heavy atom. The average molecular weight is 346 g/mol. The molecule has 1 aliphatic rings. The van der Waals surface area contributed by atoms with E-state index >= 15 is 0 Å². The highest BCUT2D eigenvalue weighted by molar-refractivity contribution is 7.91. The molecular formula is C14H22N2O4S2. The molecule has 1 atom stereocenters. The van der Waals surface area contributed by atoms with Crippen molar-refractivity contribution in [3.63, 3.8) is 0 Å². The van der Waals surface area contributed by atoms with Crippen molar-refractivity contribution in [1.82, 2.24) is 10.0 Å². The van der Waals surface area contributed by atoms with Crippen LogP contribution in [0.1, 0.15) is 24.0 Å². The van der Waals surface area contributed by atoms with Gasteiger partial charge in [-0.25, -0.2) is 21.6 Å². The van der Waals surface area contributed by atoms with Gasteiger partial charge < -0.3 is 5.32 Å². The summed E-state index contributed by atoms with van der Waals surface area (Å²) in [5.74, 6) is 0. The number of rotatable bonds is 4. The fourth-order valence-electron chi connectivity index (χ4n) is 2.69. The van der Waals surface area contributed by atoms with Gasteiger partial charge in [0.25, 0.3) is 0 Å². The van der Waals surface area contributed by atoms with Gasteiger partial charge in [0.2, 0.25) is 10.0 Å². The third-order valence-electron chi connectivity index (χ3n) is 3.76. The second-order valence-corrected chi connectivity index (χ2v) is 9.49. The van der Waals surface area contributed by atoms with Crippen molar-refractivity contribution >= 4 is 19.9 Å². The molecule has 1 heterocycles. The summed E-state index contributed by atoms with van der Waals surface area (Å²) in [5, 5.41) is 3.15. The van der Waals surface area contributed by atoms with Gasteiger partial charge in [-0.05, 0) is 56.5 Å². The van der Waals surface area contributed by atoms with Gasteiger partial charge in [0.15, 0.2) is 9.84 Å². The van der Waals surface area contributed by atoms with E-state index in [2.05, 4.69) is 10.0 Å². The zero-order valence-electron chi connectivity index (χ0n) is 13.0. The molecule has 0 aromatic heterocycles. The molecule has 0 spiro atoms. The Morgan fingerprint density at radius 1 is 1.14 bits per heavy atom. The van der Waals surface area contributed by atoms with Crippen LogP contribution in [-0.2, 0) is 19.9 Å². The summed E-state index contributed by atoms with van der Waals surface area (Å²) in [6.07, 6.45) is 2.77. The van der Waals surface area contributed by atoms with Gasteiger partial charge >= 0.3 is 0 Å². The third-order valence-corrected chi connectivity index (χ3v) is 6.63. The number of aryl methyl sites for hydroxylation is 1. The van der Waals surface area contributed by atoms with Crippen molar-refractivity contribution in [2.45, 2.75) is 42.5 Å². The lowest BCUT2D eigenvalue weighted by Gasteiger charge is -2.24. The van der Waals surface area contributed by atoms with Gasteiger partial charge in [-0.1, -0.05) is 0 Å². The maximum absolute atomic E-state index is 12.6. The second kappa shape index (κ2) is 6.27. The number of sulfonamides is 1. The summed E-state index contributed by atoms with van der Waals surface area (Å²) in [6, 6.07) is 2.86. The Hall–Kier alpha value is -0.960. The molecule has 1 aromatic carbocycles. The minimum absolute atomic E-state index is 0.0403.